The van der Waals surface area contributed by atoms with Gasteiger partial charge in [-0.25, -0.2) is 0 Å². The summed E-state index contributed by atoms with van der Waals surface area (Å²) in [5, 5.41) is 14.6. The second-order valence-electron chi connectivity index (χ2n) is 8.00. The van der Waals surface area contributed by atoms with Gasteiger partial charge in [0, 0.05) is 57.4 Å². The van der Waals surface area contributed by atoms with Gasteiger partial charge in [0.05, 0.1) is 14.2 Å². The predicted octanol–water partition coefficient (Wildman–Crippen LogP) is 6.24. The van der Waals surface area contributed by atoms with Crippen molar-refractivity contribution in [2.45, 2.75) is 13.1 Å². The van der Waals surface area contributed by atoms with Gasteiger partial charge in [0.2, 0.25) is 0 Å². The average molecular weight is 520 g/mol. The molecule has 3 aromatic carbocycles. The summed E-state index contributed by atoms with van der Waals surface area (Å²) >= 11 is 12.4. The van der Waals surface area contributed by atoms with Crippen LogP contribution in [0.3, 0.4) is 0 Å². The molecule has 0 fully saturated rings. The van der Waals surface area contributed by atoms with Crippen LogP contribution in [0, 0.1) is 11.3 Å². The Hall–Kier alpha value is -3.92. The SMILES string of the molecule is COc1ccc(CNC(=O)/C(C#N)=C/c2cn(Cc3ccc(Cl)cc3Cl)c3ccccc23)c(OC)c1. The Kier molecular flexibility index (Phi) is 7.84. The Morgan fingerprint density at radius 2 is 1.83 bits per heavy atom. The fourth-order valence-electron chi connectivity index (χ4n) is 3.93. The fourth-order valence-corrected chi connectivity index (χ4v) is 4.40. The number of carbonyl (C=O) groups is 1. The number of halogens is 2. The molecule has 1 aromatic heterocycles. The molecule has 0 radical (unpaired) electrons. The van der Waals surface area contributed by atoms with E-state index in [0.717, 1.165) is 27.6 Å². The molecule has 0 atom stereocenters. The zero-order valence-electron chi connectivity index (χ0n) is 19.7. The molecule has 0 aliphatic rings. The summed E-state index contributed by atoms with van der Waals surface area (Å²) in [6.07, 6.45) is 3.51. The minimum absolute atomic E-state index is 0.00472. The second-order valence-corrected chi connectivity index (χ2v) is 8.84. The standard InChI is InChI=1S/C28H23Cl2N3O3/c1-35-23-10-8-18(27(13-23)36-2)15-32-28(34)20(14-31)11-21-17-33(26-6-4-3-5-24(21)26)16-19-7-9-22(29)12-25(19)30/h3-13,17H,15-16H2,1-2H3,(H,32,34)/b20-11+. The van der Waals surface area contributed by atoms with Gasteiger partial charge in [0.1, 0.15) is 23.1 Å². The van der Waals surface area contributed by atoms with Crippen molar-refractivity contribution in [2.75, 3.05) is 14.2 Å². The number of nitrogens with zero attached hydrogens (tertiary/aromatic N) is 2. The van der Waals surface area contributed by atoms with Gasteiger partial charge in [-0.3, -0.25) is 4.79 Å². The van der Waals surface area contributed by atoms with Crippen molar-refractivity contribution in [1.29, 1.82) is 5.26 Å². The third-order valence-corrected chi connectivity index (χ3v) is 6.36. The van der Waals surface area contributed by atoms with Gasteiger partial charge in [-0.05, 0) is 42.0 Å². The monoisotopic (exact) mass is 519 g/mol. The smallest absolute Gasteiger partial charge is 0.262 e. The topological polar surface area (TPSA) is 76.3 Å². The minimum atomic E-state index is -0.479. The number of fused-ring (bicyclic) bond motifs is 1. The first-order valence-electron chi connectivity index (χ1n) is 11.1. The summed E-state index contributed by atoms with van der Waals surface area (Å²) in [5.41, 5.74) is 3.37. The summed E-state index contributed by atoms with van der Waals surface area (Å²) in [4.78, 5) is 12.9. The van der Waals surface area contributed by atoms with Gasteiger partial charge in [0.25, 0.3) is 5.91 Å². The summed E-state index contributed by atoms with van der Waals surface area (Å²) in [6, 6.07) is 20.5. The summed E-state index contributed by atoms with van der Waals surface area (Å²) < 4.78 is 12.6. The van der Waals surface area contributed by atoms with Crippen LogP contribution in [0.5, 0.6) is 11.5 Å². The molecule has 36 heavy (non-hydrogen) atoms. The van der Waals surface area contributed by atoms with Gasteiger partial charge in [-0.15, -0.1) is 0 Å². The molecule has 0 saturated heterocycles. The molecule has 4 rings (SSSR count). The number of nitrogens with one attached hydrogen (secondary N) is 1. The Bertz CT molecular complexity index is 1500. The maximum atomic E-state index is 12.9. The molecule has 0 unspecified atom stereocenters. The first-order chi connectivity index (χ1) is 17.4. The van der Waals surface area contributed by atoms with Crippen LogP contribution in [0.15, 0.2) is 72.4 Å². The van der Waals surface area contributed by atoms with Crippen molar-refractivity contribution in [1.82, 2.24) is 9.88 Å². The van der Waals surface area contributed by atoms with Crippen LogP contribution < -0.4 is 14.8 Å². The summed E-state index contributed by atoms with van der Waals surface area (Å²) in [7, 11) is 3.12. The van der Waals surface area contributed by atoms with Crippen LogP contribution in [0.1, 0.15) is 16.7 Å². The normalized spacial score (nSPS) is 11.2. The Morgan fingerprint density at radius 3 is 2.56 bits per heavy atom. The van der Waals surface area contributed by atoms with Crippen molar-refractivity contribution in [3.8, 4) is 17.6 Å². The van der Waals surface area contributed by atoms with E-state index in [1.807, 2.05) is 53.2 Å². The quantitative estimate of drug-likeness (QED) is 0.221. The number of hydrogen-bond donors (Lipinski definition) is 1. The van der Waals surface area contributed by atoms with Crippen molar-refractivity contribution in [3.63, 3.8) is 0 Å². The van der Waals surface area contributed by atoms with E-state index in [2.05, 4.69) is 5.32 Å². The van der Waals surface area contributed by atoms with Crippen LogP contribution in [0.4, 0.5) is 0 Å². The highest BCUT2D eigenvalue weighted by molar-refractivity contribution is 6.35. The maximum Gasteiger partial charge on any atom is 0.262 e. The van der Waals surface area contributed by atoms with Crippen molar-refractivity contribution in [3.05, 3.63) is 99.2 Å². The van der Waals surface area contributed by atoms with Crippen LogP contribution in [0.2, 0.25) is 10.0 Å². The van der Waals surface area contributed by atoms with Crippen molar-refractivity contribution in [2.24, 2.45) is 0 Å². The molecule has 1 amide bonds. The molecule has 0 spiro atoms. The number of nitriles is 1. The fraction of sp³-hybridized carbons (Fsp3) is 0.143. The summed E-state index contributed by atoms with van der Waals surface area (Å²) in [6.45, 7) is 0.706. The van der Waals surface area contributed by atoms with E-state index < -0.39 is 5.91 Å². The van der Waals surface area contributed by atoms with E-state index in [-0.39, 0.29) is 12.1 Å². The van der Waals surface area contributed by atoms with E-state index in [1.165, 1.54) is 0 Å². The molecule has 0 saturated carbocycles. The number of methoxy groups -OCH3 is 2. The predicted molar refractivity (Wildman–Crippen MR) is 142 cm³/mol. The van der Waals surface area contributed by atoms with Gasteiger partial charge >= 0.3 is 0 Å². The van der Waals surface area contributed by atoms with Crippen molar-refractivity contribution >= 4 is 46.1 Å². The first kappa shape index (κ1) is 25.2. The molecule has 182 valence electrons. The third kappa shape index (κ3) is 5.49. The van der Waals surface area contributed by atoms with Gasteiger partial charge in [-0.1, -0.05) is 47.5 Å². The van der Waals surface area contributed by atoms with E-state index >= 15 is 0 Å². The Morgan fingerprint density at radius 1 is 1.06 bits per heavy atom. The second kappa shape index (κ2) is 11.2. The van der Waals surface area contributed by atoms with Gasteiger partial charge < -0.3 is 19.4 Å². The first-order valence-corrected chi connectivity index (χ1v) is 11.8. The highest BCUT2D eigenvalue weighted by Crippen LogP contribution is 2.28. The van der Waals surface area contributed by atoms with Gasteiger partial charge in [0.15, 0.2) is 0 Å². The van der Waals surface area contributed by atoms with E-state index in [1.54, 1.807) is 44.6 Å². The molecular weight excluding hydrogens is 497 g/mol. The molecule has 0 bridgehead atoms. The molecule has 6 nitrogen and oxygen atoms in total. The molecule has 4 aromatic rings. The molecule has 8 heteroatoms. The van der Waals surface area contributed by atoms with Crippen LogP contribution in [-0.2, 0) is 17.9 Å². The molecule has 0 aliphatic carbocycles. The molecule has 0 aliphatic heterocycles. The molecule has 1 N–H and O–H groups in total. The Balaban J connectivity index is 1.60. The lowest BCUT2D eigenvalue weighted by Gasteiger charge is -2.11. The third-order valence-electron chi connectivity index (χ3n) is 5.77. The number of ether oxygens (including phenoxy) is 2. The Labute approximate surface area is 219 Å². The number of aromatic nitrogens is 1. The van der Waals surface area contributed by atoms with E-state index in [9.17, 15) is 10.1 Å². The largest absolute Gasteiger partial charge is 0.497 e. The van der Waals surface area contributed by atoms with Crippen LogP contribution in [0.25, 0.3) is 17.0 Å². The van der Waals surface area contributed by atoms with E-state index in [4.69, 9.17) is 32.7 Å². The lowest BCUT2D eigenvalue weighted by atomic mass is 10.1. The number of hydrogen-bond acceptors (Lipinski definition) is 4. The lowest BCUT2D eigenvalue weighted by Crippen LogP contribution is -2.24. The summed E-state index contributed by atoms with van der Waals surface area (Å²) in [5.74, 6) is 0.754. The van der Waals surface area contributed by atoms with Crippen LogP contribution in [-0.4, -0.2) is 24.7 Å². The van der Waals surface area contributed by atoms with E-state index in [0.29, 0.717) is 28.1 Å². The molecular formula is C28H23Cl2N3O3. The highest BCUT2D eigenvalue weighted by Gasteiger charge is 2.14. The number of carbonyl (C=O) groups excluding carboxylic acids is 1. The van der Waals surface area contributed by atoms with Crippen molar-refractivity contribution < 1.29 is 14.3 Å². The number of benzene rings is 3. The number of amides is 1. The maximum absolute atomic E-state index is 12.9. The number of para-hydroxylation sites is 1. The van der Waals surface area contributed by atoms with Crippen LogP contribution >= 0.6 is 23.2 Å². The number of rotatable bonds is 8. The zero-order valence-corrected chi connectivity index (χ0v) is 21.2. The highest BCUT2D eigenvalue weighted by atomic mass is 35.5. The van der Waals surface area contributed by atoms with Gasteiger partial charge in [-0.2, -0.15) is 5.26 Å². The average Bonchev–Trinajstić information content (AvgIpc) is 3.24. The molecule has 1 heterocycles. The zero-order chi connectivity index (χ0) is 25.7. The minimum Gasteiger partial charge on any atom is -0.497 e. The lowest BCUT2D eigenvalue weighted by molar-refractivity contribution is -0.117.